The van der Waals surface area contributed by atoms with E-state index < -0.39 is 19.9 Å². The number of hydrogen-bond donors (Lipinski definition) is 2. The number of rotatable bonds is 7. The minimum absolute atomic E-state index is 0.0494. The lowest BCUT2D eigenvalue weighted by molar-refractivity contribution is -0.115. The summed E-state index contributed by atoms with van der Waals surface area (Å²) in [6.45, 7) is 1.72. The van der Waals surface area contributed by atoms with Crippen molar-refractivity contribution in [1.29, 1.82) is 0 Å². The van der Waals surface area contributed by atoms with Crippen LogP contribution in [0.5, 0.6) is 0 Å². The molecule has 1 amide bonds. The van der Waals surface area contributed by atoms with Gasteiger partial charge in [-0.1, -0.05) is 19.1 Å². The third-order valence-electron chi connectivity index (χ3n) is 4.22. The molecule has 0 radical (unpaired) electrons. The Labute approximate surface area is 180 Å². The Morgan fingerprint density at radius 1 is 0.839 bits per heavy atom. The molecule has 9 nitrogen and oxygen atoms in total. The summed E-state index contributed by atoms with van der Waals surface area (Å²) in [4.78, 5) is 11.5. The number of aromatic nitrogens is 2. The van der Waals surface area contributed by atoms with Gasteiger partial charge in [-0.15, -0.1) is 10.2 Å². The first-order valence-electron chi connectivity index (χ1n) is 9.15. The van der Waals surface area contributed by atoms with Crippen molar-refractivity contribution in [3.63, 3.8) is 0 Å². The molecule has 1 aromatic heterocycles. The summed E-state index contributed by atoms with van der Waals surface area (Å²) in [6, 6.07) is 15.2. The van der Waals surface area contributed by atoms with E-state index in [9.17, 15) is 21.6 Å². The van der Waals surface area contributed by atoms with Gasteiger partial charge in [-0.3, -0.25) is 9.52 Å². The first-order chi connectivity index (χ1) is 14.6. The summed E-state index contributed by atoms with van der Waals surface area (Å²) < 4.78 is 50.6. The molecular weight excluding hydrogens is 440 g/mol. The van der Waals surface area contributed by atoms with Gasteiger partial charge in [0.05, 0.1) is 10.6 Å². The first-order valence-corrected chi connectivity index (χ1v) is 12.5. The Kier molecular flexibility index (Phi) is 6.37. The highest BCUT2D eigenvalue weighted by Gasteiger charge is 2.15. The van der Waals surface area contributed by atoms with Crippen molar-refractivity contribution < 1.29 is 21.6 Å². The second-order valence-corrected chi connectivity index (χ2v) is 10.3. The van der Waals surface area contributed by atoms with Crippen LogP contribution in [0.25, 0.3) is 11.3 Å². The molecule has 2 N–H and O–H groups in total. The van der Waals surface area contributed by atoms with E-state index >= 15 is 0 Å². The number of nitrogens with zero attached hydrogens (tertiary/aromatic N) is 2. The molecular formula is C20H20N4O5S2. The third-order valence-corrected chi connectivity index (χ3v) is 6.60. The zero-order valence-electron chi connectivity index (χ0n) is 16.7. The molecule has 3 rings (SSSR count). The summed E-state index contributed by atoms with van der Waals surface area (Å²) in [5, 5.41) is 10.1. The van der Waals surface area contributed by atoms with Gasteiger partial charge in [-0.25, -0.2) is 16.8 Å². The van der Waals surface area contributed by atoms with Crippen molar-refractivity contribution in [2.24, 2.45) is 0 Å². The number of carbonyl (C=O) groups excluding carboxylic acids is 1. The number of carbonyl (C=O) groups is 1. The predicted molar refractivity (Wildman–Crippen MR) is 117 cm³/mol. The van der Waals surface area contributed by atoms with Gasteiger partial charge in [0.2, 0.25) is 5.91 Å². The van der Waals surface area contributed by atoms with Crippen molar-refractivity contribution in [3.8, 4) is 11.3 Å². The van der Waals surface area contributed by atoms with E-state index in [1.54, 1.807) is 31.2 Å². The van der Waals surface area contributed by atoms with Crippen LogP contribution in [-0.4, -0.2) is 39.2 Å². The van der Waals surface area contributed by atoms with Crippen LogP contribution in [-0.2, 0) is 24.7 Å². The molecule has 11 heteroatoms. The number of benzene rings is 2. The number of sulfonamides is 1. The summed E-state index contributed by atoms with van der Waals surface area (Å²) in [7, 11) is -7.26. The zero-order valence-corrected chi connectivity index (χ0v) is 18.4. The van der Waals surface area contributed by atoms with Crippen LogP contribution in [0.1, 0.15) is 13.3 Å². The Morgan fingerprint density at radius 3 is 1.97 bits per heavy atom. The molecule has 2 aromatic carbocycles. The Hall–Kier alpha value is -3.31. The monoisotopic (exact) mass is 460 g/mol. The summed E-state index contributed by atoms with van der Waals surface area (Å²) in [6.07, 6.45) is 1.37. The van der Waals surface area contributed by atoms with Crippen LogP contribution in [0.15, 0.2) is 70.6 Å². The maximum absolute atomic E-state index is 12.6. The van der Waals surface area contributed by atoms with E-state index in [1.807, 2.05) is 0 Å². The van der Waals surface area contributed by atoms with E-state index in [-0.39, 0.29) is 15.8 Å². The van der Waals surface area contributed by atoms with Crippen LogP contribution in [0.2, 0.25) is 0 Å². The number of anilines is 2. The molecule has 0 aliphatic rings. The normalized spacial score (nSPS) is 11.7. The predicted octanol–water partition coefficient (Wildman–Crippen LogP) is 2.70. The maximum Gasteiger partial charge on any atom is 0.261 e. The van der Waals surface area contributed by atoms with Gasteiger partial charge in [0.1, 0.15) is 0 Å². The Bertz CT molecular complexity index is 1290. The topological polar surface area (TPSA) is 135 Å². The lowest BCUT2D eigenvalue weighted by atomic mass is 10.1. The Balaban J connectivity index is 1.73. The average molecular weight is 461 g/mol. The fraction of sp³-hybridized carbons (Fsp3) is 0.150. The van der Waals surface area contributed by atoms with Crippen molar-refractivity contribution in [2.75, 3.05) is 16.3 Å². The van der Waals surface area contributed by atoms with Crippen LogP contribution in [0.4, 0.5) is 11.4 Å². The maximum atomic E-state index is 12.6. The molecule has 162 valence electrons. The molecule has 31 heavy (non-hydrogen) atoms. The van der Waals surface area contributed by atoms with Crippen molar-refractivity contribution in [2.45, 2.75) is 23.3 Å². The molecule has 3 aromatic rings. The fourth-order valence-corrected chi connectivity index (χ4v) is 4.12. The van der Waals surface area contributed by atoms with Gasteiger partial charge < -0.3 is 5.32 Å². The molecule has 0 saturated heterocycles. The van der Waals surface area contributed by atoms with Crippen LogP contribution in [0, 0.1) is 0 Å². The number of hydrogen-bond acceptors (Lipinski definition) is 7. The van der Waals surface area contributed by atoms with Gasteiger partial charge in [0.25, 0.3) is 10.0 Å². The van der Waals surface area contributed by atoms with Crippen LogP contribution >= 0.6 is 0 Å². The van der Waals surface area contributed by atoms with E-state index in [0.29, 0.717) is 29.1 Å². The van der Waals surface area contributed by atoms with Crippen molar-refractivity contribution in [3.05, 3.63) is 60.7 Å². The van der Waals surface area contributed by atoms with E-state index in [4.69, 9.17) is 0 Å². The number of sulfone groups is 1. The quantitative estimate of drug-likeness (QED) is 0.553. The van der Waals surface area contributed by atoms with Gasteiger partial charge in [0, 0.05) is 29.6 Å². The molecule has 0 aliphatic carbocycles. The minimum atomic E-state index is -3.82. The highest BCUT2D eigenvalue weighted by molar-refractivity contribution is 7.92. The molecule has 1 heterocycles. The van der Waals surface area contributed by atoms with Gasteiger partial charge >= 0.3 is 0 Å². The van der Waals surface area contributed by atoms with Crippen molar-refractivity contribution >= 4 is 37.1 Å². The third kappa shape index (κ3) is 5.64. The molecule has 0 aliphatic heterocycles. The lowest BCUT2D eigenvalue weighted by Crippen LogP contribution is -2.13. The molecule has 0 bridgehead atoms. The fourth-order valence-electron chi connectivity index (χ4n) is 2.56. The second-order valence-electron chi connectivity index (χ2n) is 6.64. The molecule has 0 saturated carbocycles. The van der Waals surface area contributed by atoms with Gasteiger partial charge in [-0.2, -0.15) is 0 Å². The standard InChI is InChI=1S/C20H20N4O5S2/c1-3-19(25)21-15-8-10-17(11-9-15)31(28,29)24-16-6-4-14(5-7-16)18-12-13-20(23-22-18)30(2,26)27/h4-13,24H,3H2,1-2H3,(H,21,25). The smallest absolute Gasteiger partial charge is 0.261 e. The Morgan fingerprint density at radius 2 is 1.45 bits per heavy atom. The average Bonchev–Trinajstić information content (AvgIpc) is 2.74. The highest BCUT2D eigenvalue weighted by atomic mass is 32.2. The summed E-state index contributed by atoms with van der Waals surface area (Å²) in [5.41, 5.74) is 1.95. The molecule has 0 spiro atoms. The van der Waals surface area contributed by atoms with Crippen molar-refractivity contribution in [1.82, 2.24) is 10.2 Å². The second kappa shape index (κ2) is 8.82. The first kappa shape index (κ1) is 22.4. The largest absolute Gasteiger partial charge is 0.326 e. The van der Waals surface area contributed by atoms with Crippen LogP contribution < -0.4 is 10.0 Å². The van der Waals surface area contributed by atoms with Gasteiger partial charge in [0.15, 0.2) is 14.9 Å². The highest BCUT2D eigenvalue weighted by Crippen LogP contribution is 2.22. The SMILES string of the molecule is CCC(=O)Nc1ccc(S(=O)(=O)Nc2ccc(-c3ccc(S(C)(=O)=O)nn3)cc2)cc1. The summed E-state index contributed by atoms with van der Waals surface area (Å²) in [5.74, 6) is -0.163. The molecule has 0 fully saturated rings. The van der Waals surface area contributed by atoms with Gasteiger partial charge in [-0.05, 0) is 48.5 Å². The minimum Gasteiger partial charge on any atom is -0.326 e. The van der Waals surface area contributed by atoms with E-state index in [0.717, 1.165) is 6.26 Å². The number of amides is 1. The van der Waals surface area contributed by atoms with Crippen LogP contribution in [0.3, 0.4) is 0 Å². The lowest BCUT2D eigenvalue weighted by Gasteiger charge is -2.10. The molecule has 0 unspecified atom stereocenters. The summed E-state index contributed by atoms with van der Waals surface area (Å²) >= 11 is 0. The number of nitrogens with one attached hydrogen (secondary N) is 2. The molecule has 0 atom stereocenters. The zero-order chi connectivity index (χ0) is 22.6. The van der Waals surface area contributed by atoms with E-state index in [1.165, 1.54) is 36.4 Å². The van der Waals surface area contributed by atoms with E-state index in [2.05, 4.69) is 20.2 Å².